The Morgan fingerprint density at radius 1 is 1.26 bits per heavy atom. The second-order valence-electron chi connectivity index (χ2n) is 4.97. The number of hydrogen-bond donors (Lipinski definition) is 0. The lowest BCUT2D eigenvalue weighted by atomic mass is 9.96. The SMILES string of the molecule is CCC1OC2CC=CCC(C=C=CBr)OC2CC1Br. The van der Waals surface area contributed by atoms with E-state index in [0.717, 1.165) is 25.7 Å². The summed E-state index contributed by atoms with van der Waals surface area (Å²) < 4.78 is 12.4. The standard InChI is InChI=1S/C15H20Br2O2/c1-2-13-12(17)10-15-14(19-13)8-4-3-6-11(18-15)7-5-9-16/h3-4,7,9,11-15H,2,6,8,10H2,1H3. The van der Waals surface area contributed by atoms with Crippen LogP contribution in [0.25, 0.3) is 0 Å². The van der Waals surface area contributed by atoms with Crippen LogP contribution in [0.5, 0.6) is 0 Å². The third-order valence-corrected chi connectivity index (χ3v) is 4.85. The third kappa shape index (κ3) is 4.30. The van der Waals surface area contributed by atoms with Crippen LogP contribution in [0.15, 0.2) is 28.9 Å². The molecule has 1 saturated heterocycles. The molecule has 4 heteroatoms. The predicted octanol–water partition coefficient (Wildman–Crippen LogP) is 4.48. The third-order valence-electron chi connectivity index (χ3n) is 3.63. The van der Waals surface area contributed by atoms with Crippen molar-refractivity contribution in [2.45, 2.75) is 61.9 Å². The first-order chi connectivity index (χ1) is 9.24. The van der Waals surface area contributed by atoms with Crippen LogP contribution < -0.4 is 0 Å². The van der Waals surface area contributed by atoms with Crippen molar-refractivity contribution in [1.29, 1.82) is 0 Å². The molecule has 106 valence electrons. The van der Waals surface area contributed by atoms with Gasteiger partial charge >= 0.3 is 0 Å². The maximum Gasteiger partial charge on any atom is 0.0876 e. The van der Waals surface area contributed by atoms with Gasteiger partial charge in [-0.1, -0.05) is 50.9 Å². The Morgan fingerprint density at radius 3 is 2.79 bits per heavy atom. The quantitative estimate of drug-likeness (QED) is 0.392. The number of alkyl halides is 1. The van der Waals surface area contributed by atoms with Crippen molar-refractivity contribution < 1.29 is 9.47 Å². The Kier molecular flexibility index (Phi) is 6.37. The van der Waals surface area contributed by atoms with Gasteiger partial charge in [0.25, 0.3) is 0 Å². The van der Waals surface area contributed by atoms with Crippen molar-refractivity contribution >= 4 is 31.9 Å². The summed E-state index contributed by atoms with van der Waals surface area (Å²) in [5.41, 5.74) is 3.05. The Labute approximate surface area is 132 Å². The van der Waals surface area contributed by atoms with E-state index >= 15 is 0 Å². The van der Waals surface area contributed by atoms with Crippen LogP contribution in [-0.4, -0.2) is 29.2 Å². The average molecular weight is 392 g/mol. The number of ether oxygens (including phenoxy) is 2. The zero-order chi connectivity index (χ0) is 13.7. The van der Waals surface area contributed by atoms with Gasteiger partial charge in [-0.2, -0.15) is 0 Å². The zero-order valence-corrected chi connectivity index (χ0v) is 14.3. The fourth-order valence-electron chi connectivity index (χ4n) is 2.62. The molecule has 0 N–H and O–H groups in total. The molecule has 5 atom stereocenters. The summed E-state index contributed by atoms with van der Waals surface area (Å²) in [5, 5.41) is 0. The molecule has 1 fully saturated rings. The predicted molar refractivity (Wildman–Crippen MR) is 84.9 cm³/mol. The molecule has 2 heterocycles. The molecule has 0 aliphatic carbocycles. The van der Waals surface area contributed by atoms with Gasteiger partial charge in [-0.25, -0.2) is 0 Å². The van der Waals surface area contributed by atoms with Gasteiger partial charge in [-0.15, -0.1) is 5.73 Å². The first-order valence-corrected chi connectivity index (χ1v) is 8.69. The largest absolute Gasteiger partial charge is 0.371 e. The van der Waals surface area contributed by atoms with Crippen molar-refractivity contribution in [3.05, 3.63) is 28.9 Å². The summed E-state index contributed by atoms with van der Waals surface area (Å²) in [4.78, 5) is 2.12. The molecule has 0 spiro atoms. The minimum Gasteiger partial charge on any atom is -0.371 e. The smallest absolute Gasteiger partial charge is 0.0876 e. The van der Waals surface area contributed by atoms with Crippen LogP contribution in [0.4, 0.5) is 0 Å². The molecule has 0 amide bonds. The molecule has 2 rings (SSSR count). The second-order valence-corrected chi connectivity index (χ2v) is 6.61. The number of rotatable bonds is 2. The van der Waals surface area contributed by atoms with Crippen molar-refractivity contribution in [1.82, 2.24) is 0 Å². The molecule has 0 aromatic heterocycles. The number of halogens is 2. The van der Waals surface area contributed by atoms with E-state index in [1.165, 1.54) is 0 Å². The van der Waals surface area contributed by atoms with E-state index in [-0.39, 0.29) is 18.3 Å². The van der Waals surface area contributed by atoms with Crippen molar-refractivity contribution in [2.24, 2.45) is 0 Å². The molecular weight excluding hydrogens is 372 g/mol. The Balaban J connectivity index is 2.08. The Bertz CT molecular complexity index is 374. The van der Waals surface area contributed by atoms with Gasteiger partial charge in [0.15, 0.2) is 0 Å². The van der Waals surface area contributed by atoms with Gasteiger partial charge in [-0.05, 0) is 31.8 Å². The highest BCUT2D eigenvalue weighted by molar-refractivity contribution is 9.11. The topological polar surface area (TPSA) is 18.5 Å². The summed E-state index contributed by atoms with van der Waals surface area (Å²) in [6.07, 6.45) is 11.0. The van der Waals surface area contributed by atoms with E-state index in [0.29, 0.717) is 10.9 Å². The first-order valence-electron chi connectivity index (χ1n) is 6.85. The van der Waals surface area contributed by atoms with Crippen molar-refractivity contribution in [3.63, 3.8) is 0 Å². The minimum absolute atomic E-state index is 0.0827. The minimum atomic E-state index is 0.0827. The van der Waals surface area contributed by atoms with E-state index in [1.807, 2.05) is 6.08 Å². The van der Waals surface area contributed by atoms with Gasteiger partial charge in [-0.3, -0.25) is 0 Å². The summed E-state index contributed by atoms with van der Waals surface area (Å²) in [7, 11) is 0. The van der Waals surface area contributed by atoms with Gasteiger partial charge in [0.1, 0.15) is 0 Å². The van der Waals surface area contributed by atoms with Crippen molar-refractivity contribution in [3.8, 4) is 0 Å². The lowest BCUT2D eigenvalue weighted by Gasteiger charge is -2.40. The highest BCUT2D eigenvalue weighted by atomic mass is 79.9. The van der Waals surface area contributed by atoms with Crippen LogP contribution in [0.2, 0.25) is 0 Å². The summed E-state index contributed by atoms with van der Waals surface area (Å²) in [6.45, 7) is 2.17. The van der Waals surface area contributed by atoms with Crippen LogP contribution in [-0.2, 0) is 9.47 Å². The van der Waals surface area contributed by atoms with Crippen LogP contribution in [0.3, 0.4) is 0 Å². The van der Waals surface area contributed by atoms with Gasteiger partial charge < -0.3 is 9.47 Å². The van der Waals surface area contributed by atoms with E-state index in [2.05, 4.69) is 56.7 Å². The van der Waals surface area contributed by atoms with Gasteiger partial charge in [0, 0.05) is 9.81 Å². The van der Waals surface area contributed by atoms with Crippen LogP contribution in [0, 0.1) is 0 Å². The van der Waals surface area contributed by atoms with Gasteiger partial charge in [0.05, 0.1) is 24.4 Å². The first kappa shape index (κ1) is 15.5. The molecule has 2 aliphatic rings. The highest BCUT2D eigenvalue weighted by Gasteiger charge is 2.37. The number of hydrogen-bond acceptors (Lipinski definition) is 2. The number of fused-ring (bicyclic) bond motifs is 1. The normalized spacial score (nSPS) is 38.6. The van der Waals surface area contributed by atoms with Gasteiger partial charge in [0.2, 0.25) is 0 Å². The molecule has 0 saturated carbocycles. The van der Waals surface area contributed by atoms with E-state index < -0.39 is 0 Å². The van der Waals surface area contributed by atoms with Crippen LogP contribution in [0.1, 0.15) is 32.6 Å². The van der Waals surface area contributed by atoms with E-state index in [4.69, 9.17) is 9.47 Å². The van der Waals surface area contributed by atoms with Crippen LogP contribution >= 0.6 is 31.9 Å². The Morgan fingerprint density at radius 2 is 2.05 bits per heavy atom. The summed E-state index contributed by atoms with van der Waals surface area (Å²) in [5.74, 6) is 0. The zero-order valence-electron chi connectivity index (χ0n) is 11.1. The molecule has 0 aromatic rings. The lowest BCUT2D eigenvalue weighted by molar-refractivity contribution is -0.146. The molecule has 0 bridgehead atoms. The summed E-state index contributed by atoms with van der Waals surface area (Å²) >= 11 is 6.97. The molecule has 2 aliphatic heterocycles. The monoisotopic (exact) mass is 390 g/mol. The van der Waals surface area contributed by atoms with Crippen molar-refractivity contribution in [2.75, 3.05) is 0 Å². The Hall–Kier alpha value is 0.140. The molecule has 0 radical (unpaired) electrons. The summed E-state index contributed by atoms with van der Waals surface area (Å²) in [6, 6.07) is 0. The molecular formula is C15H20Br2O2. The van der Waals surface area contributed by atoms with E-state index in [9.17, 15) is 0 Å². The fraction of sp³-hybridized carbons (Fsp3) is 0.667. The molecule has 2 nitrogen and oxygen atoms in total. The lowest BCUT2D eigenvalue weighted by Crippen LogP contribution is -2.47. The highest BCUT2D eigenvalue weighted by Crippen LogP contribution is 2.32. The molecule has 5 unspecified atom stereocenters. The maximum atomic E-state index is 6.20. The molecule has 19 heavy (non-hydrogen) atoms. The molecule has 0 aromatic carbocycles. The maximum absolute atomic E-state index is 6.20. The fourth-order valence-corrected chi connectivity index (χ4v) is 3.64. The van der Waals surface area contributed by atoms with E-state index in [1.54, 1.807) is 4.99 Å². The average Bonchev–Trinajstić information content (AvgIpc) is 2.39. The second kappa shape index (κ2) is 7.80.